The Kier molecular flexibility index (Phi) is 3.29. The van der Waals surface area contributed by atoms with Crippen LogP contribution in [0.4, 0.5) is 15.8 Å². The number of hydrogen-bond acceptors (Lipinski definition) is 3. The largest absolute Gasteiger partial charge is 0.355 e. The molecule has 1 aromatic carbocycles. The van der Waals surface area contributed by atoms with Crippen LogP contribution in [0.2, 0.25) is 0 Å². The summed E-state index contributed by atoms with van der Waals surface area (Å²) in [7, 11) is 0. The van der Waals surface area contributed by atoms with Gasteiger partial charge in [-0.1, -0.05) is 6.07 Å². The van der Waals surface area contributed by atoms with E-state index in [1.807, 2.05) is 30.3 Å². The highest BCUT2D eigenvalue weighted by atomic mass is 127. The topological polar surface area (TPSA) is 37.8 Å². The summed E-state index contributed by atoms with van der Waals surface area (Å²) in [6.07, 6.45) is 3.11. The minimum Gasteiger partial charge on any atom is -0.355 e. The van der Waals surface area contributed by atoms with E-state index >= 15 is 0 Å². The summed E-state index contributed by atoms with van der Waals surface area (Å²) in [6.45, 7) is 0. The van der Waals surface area contributed by atoms with Crippen LogP contribution in [0.3, 0.4) is 0 Å². The lowest BCUT2D eigenvalue weighted by molar-refractivity contribution is 0.586. The van der Waals surface area contributed by atoms with Gasteiger partial charge >= 0.3 is 0 Å². The van der Waals surface area contributed by atoms with Crippen molar-refractivity contribution in [1.29, 1.82) is 0 Å². The van der Waals surface area contributed by atoms with Crippen molar-refractivity contribution in [2.24, 2.45) is 0 Å². The number of nitrogens with zero attached hydrogens (tertiary/aromatic N) is 2. The molecule has 94 valence electrons. The minimum atomic E-state index is -0.508. The zero-order valence-corrected chi connectivity index (χ0v) is 11.9. The number of nitrogens with one attached hydrogen (secondary N) is 1. The molecule has 0 radical (unpaired) electrons. The van der Waals surface area contributed by atoms with Crippen LogP contribution in [0.5, 0.6) is 0 Å². The first kappa shape index (κ1) is 12.3. The molecule has 0 bridgehead atoms. The van der Waals surface area contributed by atoms with Gasteiger partial charge in [0.1, 0.15) is 0 Å². The van der Waals surface area contributed by atoms with E-state index in [4.69, 9.17) is 0 Å². The van der Waals surface area contributed by atoms with Gasteiger partial charge in [-0.2, -0.15) is 4.39 Å². The third-order valence-corrected chi connectivity index (χ3v) is 3.37. The van der Waals surface area contributed by atoms with Crippen molar-refractivity contribution in [3.63, 3.8) is 0 Å². The van der Waals surface area contributed by atoms with Crippen LogP contribution < -0.4 is 5.32 Å². The minimum absolute atomic E-state index is 0.508. The number of anilines is 2. The van der Waals surface area contributed by atoms with E-state index in [1.165, 1.54) is 12.3 Å². The summed E-state index contributed by atoms with van der Waals surface area (Å²) in [6, 6.07) is 11.2. The van der Waals surface area contributed by atoms with Crippen LogP contribution in [-0.4, -0.2) is 9.97 Å². The zero-order chi connectivity index (χ0) is 13.2. The second-order valence-electron chi connectivity index (χ2n) is 4.02. The SMILES string of the molecule is Fc1cc2c(Nc3cccc(I)c3)ccnc2cn1. The molecule has 0 saturated heterocycles. The second-order valence-corrected chi connectivity index (χ2v) is 5.26. The zero-order valence-electron chi connectivity index (χ0n) is 9.77. The van der Waals surface area contributed by atoms with Gasteiger partial charge < -0.3 is 5.32 Å². The smallest absolute Gasteiger partial charge is 0.213 e. The third kappa shape index (κ3) is 2.65. The molecule has 0 atom stereocenters. The van der Waals surface area contributed by atoms with Crippen molar-refractivity contribution < 1.29 is 4.39 Å². The van der Waals surface area contributed by atoms with E-state index in [0.29, 0.717) is 10.9 Å². The fourth-order valence-electron chi connectivity index (χ4n) is 1.85. The highest BCUT2D eigenvalue weighted by Crippen LogP contribution is 2.25. The number of rotatable bonds is 2. The van der Waals surface area contributed by atoms with Crippen molar-refractivity contribution in [2.75, 3.05) is 5.32 Å². The van der Waals surface area contributed by atoms with Crippen molar-refractivity contribution in [3.8, 4) is 0 Å². The van der Waals surface area contributed by atoms with Crippen molar-refractivity contribution in [3.05, 3.63) is 58.3 Å². The second kappa shape index (κ2) is 5.08. The average molecular weight is 365 g/mol. The van der Waals surface area contributed by atoms with Gasteiger partial charge in [0, 0.05) is 32.6 Å². The molecule has 3 rings (SSSR count). The highest BCUT2D eigenvalue weighted by molar-refractivity contribution is 14.1. The first-order chi connectivity index (χ1) is 9.22. The summed E-state index contributed by atoms with van der Waals surface area (Å²) < 4.78 is 14.4. The van der Waals surface area contributed by atoms with Crippen LogP contribution in [0.25, 0.3) is 10.9 Å². The summed E-state index contributed by atoms with van der Waals surface area (Å²) in [4.78, 5) is 7.78. The molecule has 0 unspecified atom stereocenters. The first-order valence-corrected chi connectivity index (χ1v) is 6.73. The standard InChI is InChI=1S/C14H9FIN3/c15-14-7-11-12(4-5-17-13(11)8-18-14)19-10-3-1-2-9(16)6-10/h1-8H,(H,17,19). The Balaban J connectivity index is 2.07. The van der Waals surface area contributed by atoms with Crippen molar-refractivity contribution in [2.45, 2.75) is 0 Å². The lowest BCUT2D eigenvalue weighted by Gasteiger charge is -2.09. The van der Waals surface area contributed by atoms with Crippen molar-refractivity contribution >= 4 is 44.9 Å². The lowest BCUT2D eigenvalue weighted by Crippen LogP contribution is -1.94. The number of halogens is 2. The number of pyridine rings is 2. The number of benzene rings is 1. The Morgan fingerprint density at radius 2 is 2.00 bits per heavy atom. The van der Waals surface area contributed by atoms with Gasteiger partial charge in [-0.05, 0) is 46.9 Å². The molecule has 19 heavy (non-hydrogen) atoms. The maximum absolute atomic E-state index is 13.3. The van der Waals surface area contributed by atoms with Gasteiger partial charge in [0.05, 0.1) is 11.7 Å². The lowest BCUT2D eigenvalue weighted by atomic mass is 10.2. The molecule has 0 spiro atoms. The van der Waals surface area contributed by atoms with Gasteiger partial charge in [0.15, 0.2) is 0 Å². The summed E-state index contributed by atoms with van der Waals surface area (Å²) >= 11 is 2.25. The van der Waals surface area contributed by atoms with Crippen LogP contribution in [-0.2, 0) is 0 Å². The quantitative estimate of drug-likeness (QED) is 0.549. The van der Waals surface area contributed by atoms with Crippen molar-refractivity contribution in [1.82, 2.24) is 9.97 Å². The maximum atomic E-state index is 13.3. The maximum Gasteiger partial charge on any atom is 0.213 e. The predicted molar refractivity (Wildman–Crippen MR) is 81.9 cm³/mol. The third-order valence-electron chi connectivity index (χ3n) is 2.70. The molecular weight excluding hydrogens is 356 g/mol. The van der Waals surface area contributed by atoms with E-state index in [1.54, 1.807) is 6.20 Å². The number of aromatic nitrogens is 2. The summed E-state index contributed by atoms with van der Waals surface area (Å²) in [5.41, 5.74) is 2.43. The van der Waals surface area contributed by atoms with E-state index in [-0.39, 0.29) is 0 Å². The Morgan fingerprint density at radius 1 is 1.11 bits per heavy atom. The first-order valence-electron chi connectivity index (χ1n) is 5.65. The van der Waals surface area contributed by atoms with E-state index in [0.717, 1.165) is 14.9 Å². The fourth-order valence-corrected chi connectivity index (χ4v) is 2.40. The molecule has 2 heterocycles. The van der Waals surface area contributed by atoms with Crippen LogP contribution in [0.15, 0.2) is 48.8 Å². The molecule has 3 aromatic rings. The molecule has 0 aliphatic rings. The molecule has 2 aromatic heterocycles. The highest BCUT2D eigenvalue weighted by Gasteiger charge is 2.04. The predicted octanol–water partition coefficient (Wildman–Crippen LogP) is 4.12. The molecule has 0 aliphatic heterocycles. The molecule has 3 nitrogen and oxygen atoms in total. The van der Waals surface area contributed by atoms with Crippen LogP contribution in [0, 0.1) is 9.52 Å². The summed E-state index contributed by atoms with van der Waals surface area (Å²) in [5, 5.41) is 3.99. The summed E-state index contributed by atoms with van der Waals surface area (Å²) in [5.74, 6) is -0.508. The van der Waals surface area contributed by atoms with Gasteiger partial charge in [-0.3, -0.25) is 4.98 Å². The van der Waals surface area contributed by atoms with E-state index in [2.05, 4.69) is 37.9 Å². The van der Waals surface area contributed by atoms with E-state index in [9.17, 15) is 4.39 Å². The van der Waals surface area contributed by atoms with E-state index < -0.39 is 5.95 Å². The average Bonchev–Trinajstić information content (AvgIpc) is 2.39. The monoisotopic (exact) mass is 365 g/mol. The molecule has 0 fully saturated rings. The van der Waals surface area contributed by atoms with Crippen LogP contribution >= 0.6 is 22.6 Å². The fraction of sp³-hybridized carbons (Fsp3) is 0. The van der Waals surface area contributed by atoms with Gasteiger partial charge in [0.25, 0.3) is 0 Å². The number of fused-ring (bicyclic) bond motifs is 1. The Hall–Kier alpha value is -1.76. The van der Waals surface area contributed by atoms with Gasteiger partial charge in [-0.15, -0.1) is 0 Å². The number of hydrogen-bond donors (Lipinski definition) is 1. The molecule has 0 saturated carbocycles. The Labute approximate surface area is 123 Å². The molecule has 5 heteroatoms. The van der Waals surface area contributed by atoms with Gasteiger partial charge in [0.2, 0.25) is 5.95 Å². The Bertz CT molecular complexity index is 746. The molecule has 0 amide bonds. The molecule has 1 N–H and O–H groups in total. The van der Waals surface area contributed by atoms with Gasteiger partial charge in [-0.25, -0.2) is 4.98 Å². The molecular formula is C14H9FIN3. The van der Waals surface area contributed by atoms with Crippen LogP contribution in [0.1, 0.15) is 0 Å². The Morgan fingerprint density at radius 3 is 2.84 bits per heavy atom. The molecule has 0 aliphatic carbocycles. The normalized spacial score (nSPS) is 10.6.